The summed E-state index contributed by atoms with van der Waals surface area (Å²) in [5, 5.41) is 11.0. The van der Waals surface area contributed by atoms with E-state index in [1.807, 2.05) is 12.1 Å². The van der Waals surface area contributed by atoms with Crippen LogP contribution in [0.25, 0.3) is 11.4 Å². The highest BCUT2D eigenvalue weighted by atomic mass is 32.2. The van der Waals surface area contributed by atoms with Gasteiger partial charge in [-0.25, -0.2) is 0 Å². The van der Waals surface area contributed by atoms with Crippen LogP contribution in [0.1, 0.15) is 5.56 Å². The number of amides is 1. The second-order valence-corrected chi connectivity index (χ2v) is 6.92. The molecule has 10 heteroatoms. The lowest BCUT2D eigenvalue weighted by atomic mass is 10.1. The number of hydrogen-bond donors (Lipinski definition) is 1. The van der Waals surface area contributed by atoms with E-state index < -0.39 is 17.6 Å². The molecular formula is C19H17F3N4O2S. The zero-order chi connectivity index (χ0) is 21.0. The van der Waals surface area contributed by atoms with E-state index in [2.05, 4.69) is 15.5 Å². The molecule has 0 atom stereocenters. The Morgan fingerprint density at radius 2 is 1.83 bits per heavy atom. The summed E-state index contributed by atoms with van der Waals surface area (Å²) < 4.78 is 45.9. The quantitative estimate of drug-likeness (QED) is 0.602. The summed E-state index contributed by atoms with van der Waals surface area (Å²) >= 11 is 1.08. The summed E-state index contributed by atoms with van der Waals surface area (Å²) in [7, 11) is 3.32. The number of anilines is 1. The van der Waals surface area contributed by atoms with E-state index in [4.69, 9.17) is 4.74 Å². The molecule has 3 aromatic rings. The third-order valence-electron chi connectivity index (χ3n) is 4.02. The molecule has 0 saturated heterocycles. The number of nitrogens with one attached hydrogen (secondary N) is 1. The molecule has 6 nitrogen and oxygen atoms in total. The number of hydrogen-bond acceptors (Lipinski definition) is 5. The number of carbonyl (C=O) groups is 1. The number of methoxy groups -OCH3 is 1. The first kappa shape index (κ1) is 20.7. The zero-order valence-electron chi connectivity index (χ0n) is 15.5. The van der Waals surface area contributed by atoms with Crippen molar-refractivity contribution < 1.29 is 22.7 Å². The molecule has 1 amide bonds. The van der Waals surface area contributed by atoms with E-state index in [9.17, 15) is 18.0 Å². The minimum atomic E-state index is -4.55. The highest BCUT2D eigenvalue weighted by Crippen LogP contribution is 2.34. The minimum Gasteiger partial charge on any atom is -0.497 e. The smallest absolute Gasteiger partial charge is 0.418 e. The molecular weight excluding hydrogens is 405 g/mol. The van der Waals surface area contributed by atoms with Gasteiger partial charge < -0.3 is 14.6 Å². The number of para-hydroxylation sites is 1. The van der Waals surface area contributed by atoms with E-state index in [0.29, 0.717) is 16.7 Å². The number of carbonyl (C=O) groups excluding carboxylic acids is 1. The summed E-state index contributed by atoms with van der Waals surface area (Å²) in [6, 6.07) is 12.1. The molecule has 29 heavy (non-hydrogen) atoms. The number of thioether (sulfide) groups is 1. The van der Waals surface area contributed by atoms with Gasteiger partial charge in [0.25, 0.3) is 0 Å². The van der Waals surface area contributed by atoms with Crippen molar-refractivity contribution in [3.05, 3.63) is 54.1 Å². The lowest BCUT2D eigenvalue weighted by Crippen LogP contribution is -2.18. The van der Waals surface area contributed by atoms with E-state index in [1.54, 1.807) is 30.9 Å². The molecule has 1 N–H and O–H groups in total. The third kappa shape index (κ3) is 4.89. The first-order chi connectivity index (χ1) is 13.8. The van der Waals surface area contributed by atoms with Gasteiger partial charge in [0.15, 0.2) is 11.0 Å². The van der Waals surface area contributed by atoms with Crippen molar-refractivity contribution in [2.45, 2.75) is 11.3 Å². The highest BCUT2D eigenvalue weighted by Gasteiger charge is 2.33. The molecule has 0 aliphatic heterocycles. The van der Waals surface area contributed by atoms with Gasteiger partial charge in [-0.3, -0.25) is 4.79 Å². The summed E-state index contributed by atoms with van der Waals surface area (Å²) in [5.74, 6) is 0.626. The van der Waals surface area contributed by atoms with Crippen molar-refractivity contribution in [2.75, 3.05) is 18.2 Å². The van der Waals surface area contributed by atoms with Crippen LogP contribution in [-0.2, 0) is 18.0 Å². The lowest BCUT2D eigenvalue weighted by Gasteiger charge is -2.13. The monoisotopic (exact) mass is 422 g/mol. The lowest BCUT2D eigenvalue weighted by molar-refractivity contribution is -0.137. The Morgan fingerprint density at radius 1 is 1.14 bits per heavy atom. The summed E-state index contributed by atoms with van der Waals surface area (Å²) in [5.41, 5.74) is -0.350. The molecule has 0 fully saturated rings. The maximum absolute atomic E-state index is 13.0. The average Bonchev–Trinajstić information content (AvgIpc) is 3.06. The Labute approximate surface area is 169 Å². The van der Waals surface area contributed by atoms with Crippen LogP contribution in [0.4, 0.5) is 18.9 Å². The SMILES string of the molecule is COc1ccc(-c2nnc(SCC(=O)Nc3ccccc3C(F)(F)F)n2C)cc1. The number of alkyl halides is 3. The maximum Gasteiger partial charge on any atom is 0.418 e. The maximum atomic E-state index is 13.0. The van der Waals surface area contributed by atoms with Crippen molar-refractivity contribution >= 4 is 23.4 Å². The minimum absolute atomic E-state index is 0.110. The van der Waals surface area contributed by atoms with Crippen molar-refractivity contribution in [3.8, 4) is 17.1 Å². The fourth-order valence-corrected chi connectivity index (χ4v) is 3.30. The Balaban J connectivity index is 1.66. The first-order valence-corrected chi connectivity index (χ1v) is 9.41. The van der Waals surface area contributed by atoms with Crippen molar-refractivity contribution in [1.82, 2.24) is 14.8 Å². The van der Waals surface area contributed by atoms with Crippen LogP contribution in [0.2, 0.25) is 0 Å². The van der Waals surface area contributed by atoms with Gasteiger partial charge in [-0.15, -0.1) is 10.2 Å². The van der Waals surface area contributed by atoms with Gasteiger partial charge in [0.1, 0.15) is 5.75 Å². The Bertz CT molecular complexity index is 1000. The van der Waals surface area contributed by atoms with Gasteiger partial charge in [-0.1, -0.05) is 23.9 Å². The number of benzene rings is 2. The van der Waals surface area contributed by atoms with Gasteiger partial charge in [-0.2, -0.15) is 13.2 Å². The summed E-state index contributed by atoms with van der Waals surface area (Å²) in [4.78, 5) is 12.2. The Hall–Kier alpha value is -3.01. The van der Waals surface area contributed by atoms with Gasteiger partial charge in [-0.05, 0) is 36.4 Å². The molecule has 0 radical (unpaired) electrons. The zero-order valence-corrected chi connectivity index (χ0v) is 16.3. The van der Waals surface area contributed by atoms with E-state index in [-0.39, 0.29) is 11.4 Å². The molecule has 1 aromatic heterocycles. The molecule has 152 valence electrons. The molecule has 0 aliphatic carbocycles. The van der Waals surface area contributed by atoms with Crippen LogP contribution in [0.15, 0.2) is 53.7 Å². The predicted octanol–water partition coefficient (Wildman–Crippen LogP) is 4.24. The van der Waals surface area contributed by atoms with Crippen molar-refractivity contribution in [2.24, 2.45) is 7.05 Å². The average molecular weight is 422 g/mol. The van der Waals surface area contributed by atoms with Crippen LogP contribution < -0.4 is 10.1 Å². The number of ether oxygens (including phenoxy) is 1. The molecule has 0 spiro atoms. The number of rotatable bonds is 6. The summed E-state index contributed by atoms with van der Waals surface area (Å²) in [6.45, 7) is 0. The first-order valence-electron chi connectivity index (χ1n) is 8.42. The molecule has 0 aliphatic rings. The van der Waals surface area contributed by atoms with Crippen LogP contribution in [0.5, 0.6) is 5.75 Å². The largest absolute Gasteiger partial charge is 0.497 e. The van der Waals surface area contributed by atoms with Gasteiger partial charge in [0.2, 0.25) is 5.91 Å². The third-order valence-corrected chi connectivity index (χ3v) is 5.04. The molecule has 0 unspecified atom stereocenters. The van der Waals surface area contributed by atoms with Crippen LogP contribution >= 0.6 is 11.8 Å². The molecule has 2 aromatic carbocycles. The van der Waals surface area contributed by atoms with Crippen LogP contribution in [-0.4, -0.2) is 33.5 Å². The Morgan fingerprint density at radius 3 is 2.48 bits per heavy atom. The van der Waals surface area contributed by atoms with Crippen molar-refractivity contribution in [3.63, 3.8) is 0 Å². The predicted molar refractivity (Wildman–Crippen MR) is 104 cm³/mol. The van der Waals surface area contributed by atoms with Gasteiger partial charge in [0.05, 0.1) is 24.1 Å². The highest BCUT2D eigenvalue weighted by molar-refractivity contribution is 7.99. The van der Waals surface area contributed by atoms with E-state index >= 15 is 0 Å². The Kier molecular flexibility index (Phi) is 6.12. The molecule has 0 saturated carbocycles. The second kappa shape index (κ2) is 8.56. The molecule has 0 bridgehead atoms. The number of nitrogens with zero attached hydrogens (tertiary/aromatic N) is 3. The number of aromatic nitrogens is 3. The standard InChI is InChI=1S/C19H17F3N4O2S/c1-26-17(12-7-9-13(28-2)10-8-12)24-25-18(26)29-11-16(27)23-15-6-4-3-5-14(15)19(20,21)22/h3-10H,11H2,1-2H3,(H,23,27). The normalized spacial score (nSPS) is 11.3. The fraction of sp³-hybridized carbons (Fsp3) is 0.211. The van der Waals surface area contributed by atoms with Crippen LogP contribution in [0.3, 0.4) is 0 Å². The topological polar surface area (TPSA) is 69.0 Å². The van der Waals surface area contributed by atoms with E-state index in [1.165, 1.54) is 18.2 Å². The molecule has 3 rings (SSSR count). The van der Waals surface area contributed by atoms with Crippen LogP contribution in [0, 0.1) is 0 Å². The summed E-state index contributed by atoms with van der Waals surface area (Å²) in [6.07, 6.45) is -4.55. The van der Waals surface area contributed by atoms with Gasteiger partial charge >= 0.3 is 6.18 Å². The second-order valence-electron chi connectivity index (χ2n) is 5.97. The van der Waals surface area contributed by atoms with Gasteiger partial charge in [0, 0.05) is 12.6 Å². The number of halogens is 3. The van der Waals surface area contributed by atoms with Crippen molar-refractivity contribution in [1.29, 1.82) is 0 Å². The fourth-order valence-electron chi connectivity index (χ4n) is 2.59. The molecule has 1 heterocycles. The van der Waals surface area contributed by atoms with E-state index in [0.717, 1.165) is 23.4 Å².